The lowest BCUT2D eigenvalue weighted by Gasteiger charge is -2.12. The van der Waals surface area contributed by atoms with Crippen molar-refractivity contribution in [3.8, 4) is 10.6 Å². The van der Waals surface area contributed by atoms with E-state index in [-0.39, 0.29) is 22.1 Å². The third-order valence-electron chi connectivity index (χ3n) is 4.68. The second-order valence-corrected chi connectivity index (χ2v) is 8.26. The Morgan fingerprint density at radius 1 is 1.32 bits per heavy atom. The van der Waals surface area contributed by atoms with Gasteiger partial charge in [0.2, 0.25) is 0 Å². The molecule has 0 bridgehead atoms. The number of alkyl halides is 3. The number of aryl methyl sites for hydroxylation is 2. The third kappa shape index (κ3) is 3.90. The maximum atomic E-state index is 13.7. The molecule has 12 heteroatoms. The molecule has 4 heterocycles. The number of thiophene rings is 1. The summed E-state index contributed by atoms with van der Waals surface area (Å²) in [5, 5.41) is 12.3. The number of carbonyl (C=O) groups excluding carboxylic acids is 1. The predicted octanol–water partition coefficient (Wildman–Crippen LogP) is 4.66. The first-order valence-corrected chi connectivity index (χ1v) is 10.3. The van der Waals surface area contributed by atoms with Crippen LogP contribution in [0.15, 0.2) is 29.8 Å². The highest BCUT2D eigenvalue weighted by atomic mass is 35.5. The molecule has 0 saturated heterocycles. The SMILES string of the molecule is Cc1nn(C)cc1C(C)NC(=O)c1nn2c(C(F)(F)F)cc(-c3cccs3)nc2c1Cl. The Kier molecular flexibility index (Phi) is 5.26. The Morgan fingerprint density at radius 3 is 2.65 bits per heavy atom. The van der Waals surface area contributed by atoms with E-state index in [1.807, 2.05) is 0 Å². The summed E-state index contributed by atoms with van der Waals surface area (Å²) in [6.45, 7) is 3.53. The predicted molar refractivity (Wildman–Crippen MR) is 110 cm³/mol. The minimum Gasteiger partial charge on any atom is -0.344 e. The van der Waals surface area contributed by atoms with Gasteiger partial charge < -0.3 is 5.32 Å². The molecule has 4 rings (SSSR count). The van der Waals surface area contributed by atoms with E-state index in [2.05, 4.69) is 20.5 Å². The van der Waals surface area contributed by atoms with Crippen molar-refractivity contribution in [1.29, 1.82) is 0 Å². The van der Waals surface area contributed by atoms with E-state index < -0.39 is 23.8 Å². The number of hydrogen-bond donors (Lipinski definition) is 1. The lowest BCUT2D eigenvalue weighted by Crippen LogP contribution is -2.27. The monoisotopic (exact) mass is 468 g/mol. The topological polar surface area (TPSA) is 77.1 Å². The largest absolute Gasteiger partial charge is 0.433 e. The van der Waals surface area contributed by atoms with Crippen LogP contribution in [0.4, 0.5) is 13.2 Å². The summed E-state index contributed by atoms with van der Waals surface area (Å²) >= 11 is 7.53. The molecule has 31 heavy (non-hydrogen) atoms. The van der Waals surface area contributed by atoms with Crippen LogP contribution in [0.2, 0.25) is 5.02 Å². The lowest BCUT2D eigenvalue weighted by atomic mass is 10.1. The van der Waals surface area contributed by atoms with Crippen LogP contribution in [0, 0.1) is 6.92 Å². The Balaban J connectivity index is 1.78. The first-order chi connectivity index (χ1) is 14.6. The normalized spacial score (nSPS) is 13.0. The fraction of sp³-hybridized carbons (Fsp3) is 0.263. The molecule has 1 unspecified atom stereocenters. The molecule has 4 aromatic rings. The summed E-state index contributed by atoms with van der Waals surface area (Å²) in [7, 11) is 1.75. The van der Waals surface area contributed by atoms with Gasteiger partial charge >= 0.3 is 6.18 Å². The molecule has 0 aliphatic heterocycles. The first kappa shape index (κ1) is 21.3. The number of halogens is 4. The number of rotatable bonds is 4. The maximum Gasteiger partial charge on any atom is 0.433 e. The highest BCUT2D eigenvalue weighted by Gasteiger charge is 2.37. The van der Waals surface area contributed by atoms with E-state index in [4.69, 9.17) is 11.6 Å². The van der Waals surface area contributed by atoms with Crippen LogP contribution in [-0.4, -0.2) is 30.3 Å². The van der Waals surface area contributed by atoms with Gasteiger partial charge in [-0.05, 0) is 31.4 Å². The second kappa shape index (κ2) is 7.65. The Bertz CT molecular complexity index is 1280. The van der Waals surface area contributed by atoms with Crippen molar-refractivity contribution in [2.75, 3.05) is 0 Å². The Labute approximate surface area is 183 Å². The van der Waals surface area contributed by atoms with Crippen molar-refractivity contribution in [2.45, 2.75) is 26.1 Å². The molecule has 0 saturated carbocycles. The fourth-order valence-corrected chi connectivity index (χ4v) is 4.21. The Morgan fingerprint density at radius 2 is 2.06 bits per heavy atom. The van der Waals surface area contributed by atoms with E-state index in [0.29, 0.717) is 9.39 Å². The average molecular weight is 469 g/mol. The molecule has 1 amide bonds. The molecular formula is C19H16ClF3N6OS. The first-order valence-electron chi connectivity index (χ1n) is 9.07. The molecule has 0 fully saturated rings. The number of amides is 1. The molecule has 0 aliphatic carbocycles. The lowest BCUT2D eigenvalue weighted by molar-refractivity contribution is -0.142. The maximum absolute atomic E-state index is 13.7. The van der Waals surface area contributed by atoms with Crippen LogP contribution in [0.5, 0.6) is 0 Å². The van der Waals surface area contributed by atoms with Crippen molar-refractivity contribution in [3.63, 3.8) is 0 Å². The van der Waals surface area contributed by atoms with Gasteiger partial charge in [0.25, 0.3) is 5.91 Å². The van der Waals surface area contributed by atoms with Crippen LogP contribution < -0.4 is 5.32 Å². The number of aromatic nitrogens is 5. The van der Waals surface area contributed by atoms with E-state index in [1.54, 1.807) is 49.3 Å². The van der Waals surface area contributed by atoms with E-state index in [0.717, 1.165) is 17.3 Å². The van der Waals surface area contributed by atoms with Gasteiger partial charge in [-0.15, -0.1) is 11.3 Å². The Hall–Kier alpha value is -2.92. The zero-order valence-electron chi connectivity index (χ0n) is 16.5. The van der Waals surface area contributed by atoms with Crippen molar-refractivity contribution >= 4 is 34.5 Å². The molecule has 162 valence electrons. The van der Waals surface area contributed by atoms with Crippen molar-refractivity contribution in [1.82, 2.24) is 29.7 Å². The van der Waals surface area contributed by atoms with Crippen molar-refractivity contribution in [2.24, 2.45) is 7.05 Å². The van der Waals surface area contributed by atoms with Crippen molar-refractivity contribution in [3.05, 3.63) is 57.4 Å². The minimum atomic E-state index is -4.73. The van der Waals surface area contributed by atoms with E-state index in [1.165, 1.54) is 11.3 Å². The van der Waals surface area contributed by atoms with Crippen LogP contribution in [0.3, 0.4) is 0 Å². The van der Waals surface area contributed by atoms with Gasteiger partial charge in [-0.3, -0.25) is 9.48 Å². The average Bonchev–Trinajstić information content (AvgIpc) is 3.40. The molecule has 1 N–H and O–H groups in total. The summed E-state index contributed by atoms with van der Waals surface area (Å²) in [4.78, 5) is 17.6. The van der Waals surface area contributed by atoms with E-state index >= 15 is 0 Å². The summed E-state index contributed by atoms with van der Waals surface area (Å²) in [5.74, 6) is -0.711. The summed E-state index contributed by atoms with van der Waals surface area (Å²) < 4.78 is 43.3. The molecule has 0 spiro atoms. The van der Waals surface area contributed by atoms with Gasteiger partial charge in [0.05, 0.1) is 22.3 Å². The number of nitrogens with one attached hydrogen (secondary N) is 1. The van der Waals surface area contributed by atoms with Gasteiger partial charge in [-0.1, -0.05) is 17.7 Å². The number of nitrogens with zero attached hydrogens (tertiary/aromatic N) is 5. The minimum absolute atomic E-state index is 0.0999. The molecule has 1 atom stereocenters. The fourth-order valence-electron chi connectivity index (χ4n) is 3.27. The van der Waals surface area contributed by atoms with Crippen LogP contribution in [-0.2, 0) is 13.2 Å². The summed E-state index contributed by atoms with van der Waals surface area (Å²) in [6, 6.07) is 3.79. The van der Waals surface area contributed by atoms with Gasteiger partial charge in [0.15, 0.2) is 17.0 Å². The van der Waals surface area contributed by atoms with Gasteiger partial charge in [-0.2, -0.15) is 23.4 Å². The number of hydrogen-bond acceptors (Lipinski definition) is 5. The highest BCUT2D eigenvalue weighted by molar-refractivity contribution is 7.13. The van der Waals surface area contributed by atoms with E-state index in [9.17, 15) is 18.0 Å². The zero-order chi connectivity index (χ0) is 22.5. The summed E-state index contributed by atoms with van der Waals surface area (Å²) in [6.07, 6.45) is -2.97. The van der Waals surface area contributed by atoms with Gasteiger partial charge in [-0.25, -0.2) is 9.50 Å². The molecular weight excluding hydrogens is 453 g/mol. The van der Waals surface area contributed by atoms with Gasteiger partial charge in [0, 0.05) is 18.8 Å². The van der Waals surface area contributed by atoms with Crippen LogP contribution in [0.1, 0.15) is 40.4 Å². The van der Waals surface area contributed by atoms with Gasteiger partial charge in [0.1, 0.15) is 5.02 Å². The summed E-state index contributed by atoms with van der Waals surface area (Å²) in [5.41, 5.74) is -0.0598. The van der Waals surface area contributed by atoms with Crippen LogP contribution in [0.25, 0.3) is 16.2 Å². The quantitative estimate of drug-likeness (QED) is 0.472. The zero-order valence-corrected chi connectivity index (χ0v) is 18.1. The van der Waals surface area contributed by atoms with Crippen LogP contribution >= 0.6 is 22.9 Å². The number of carbonyl (C=O) groups is 1. The van der Waals surface area contributed by atoms with Crippen molar-refractivity contribution < 1.29 is 18.0 Å². The standard InChI is InChI=1S/C19H16ClF3N6OS/c1-9(11-8-28(3)26-10(11)2)24-18(30)16-15(20)17-25-12(13-5-4-6-31-13)7-14(19(21,22)23)29(17)27-16/h4-9H,1-3H3,(H,24,30). The smallest absolute Gasteiger partial charge is 0.344 e. The second-order valence-electron chi connectivity index (χ2n) is 6.94. The molecule has 7 nitrogen and oxygen atoms in total. The molecule has 0 aromatic carbocycles. The molecule has 0 radical (unpaired) electrons. The highest BCUT2D eigenvalue weighted by Crippen LogP contribution is 2.35. The number of fused-ring (bicyclic) bond motifs is 1. The molecule has 4 aromatic heterocycles. The molecule has 0 aliphatic rings. The third-order valence-corrected chi connectivity index (χ3v) is 5.92.